The molecule has 0 spiro atoms. The highest BCUT2D eigenvalue weighted by Gasteiger charge is 2.13. The van der Waals surface area contributed by atoms with E-state index in [4.69, 9.17) is 16.7 Å². The van der Waals surface area contributed by atoms with Crippen LogP contribution in [0.25, 0.3) is 0 Å². The first-order valence-electron chi connectivity index (χ1n) is 3.67. The van der Waals surface area contributed by atoms with E-state index in [2.05, 4.69) is 0 Å². The molecule has 0 fully saturated rings. The van der Waals surface area contributed by atoms with Crippen molar-refractivity contribution in [3.05, 3.63) is 0 Å². The molecule has 0 heterocycles. The van der Waals surface area contributed by atoms with Gasteiger partial charge in [0, 0.05) is 6.54 Å². The number of carbonyl (C=O) groups is 2. The van der Waals surface area contributed by atoms with Gasteiger partial charge < -0.3 is 10.0 Å². The molecule has 0 aromatic rings. The molecule has 0 saturated heterocycles. The van der Waals surface area contributed by atoms with E-state index in [0.717, 1.165) is 6.42 Å². The van der Waals surface area contributed by atoms with Gasteiger partial charge in [-0.25, -0.2) is 0 Å². The van der Waals surface area contributed by atoms with Crippen molar-refractivity contribution in [1.29, 1.82) is 0 Å². The molecule has 0 rings (SSSR count). The molecule has 0 aliphatic heterocycles. The third-order valence-corrected chi connectivity index (χ3v) is 1.52. The molecule has 0 aromatic heterocycles. The van der Waals surface area contributed by atoms with Gasteiger partial charge in [0.05, 0.1) is 0 Å². The lowest BCUT2D eigenvalue weighted by molar-refractivity contribution is -0.143. The van der Waals surface area contributed by atoms with E-state index < -0.39 is 5.97 Å². The van der Waals surface area contributed by atoms with Crippen LogP contribution in [0.4, 0.5) is 0 Å². The molecule has 0 atom stereocenters. The summed E-state index contributed by atoms with van der Waals surface area (Å²) in [6.45, 7) is 2.05. The molecule has 0 radical (unpaired) electrons. The molecule has 1 amide bonds. The predicted octanol–water partition coefficient (Wildman–Crippen LogP) is 0.548. The van der Waals surface area contributed by atoms with Crippen molar-refractivity contribution in [2.24, 2.45) is 0 Å². The summed E-state index contributed by atoms with van der Waals surface area (Å²) in [4.78, 5) is 22.5. The fraction of sp³-hybridized carbons (Fsp3) is 0.714. The zero-order valence-corrected chi connectivity index (χ0v) is 7.67. The fourth-order valence-corrected chi connectivity index (χ4v) is 0.979. The van der Waals surface area contributed by atoms with E-state index in [0.29, 0.717) is 6.54 Å². The van der Waals surface area contributed by atoms with Gasteiger partial charge in [0.15, 0.2) is 0 Å². The number of carboxylic acids is 1. The van der Waals surface area contributed by atoms with Crippen molar-refractivity contribution in [1.82, 2.24) is 4.90 Å². The summed E-state index contributed by atoms with van der Waals surface area (Å²) in [6, 6.07) is 0. The number of rotatable bonds is 5. The average molecular weight is 194 g/mol. The van der Waals surface area contributed by atoms with Gasteiger partial charge in [-0.1, -0.05) is 6.92 Å². The Labute approximate surface area is 76.1 Å². The Morgan fingerprint density at radius 2 is 2.08 bits per heavy atom. The Morgan fingerprint density at radius 1 is 1.50 bits per heavy atom. The van der Waals surface area contributed by atoms with Crippen LogP contribution in [0.5, 0.6) is 0 Å². The van der Waals surface area contributed by atoms with Gasteiger partial charge in [-0.3, -0.25) is 9.59 Å². The summed E-state index contributed by atoms with van der Waals surface area (Å²) >= 11 is 5.28. The topological polar surface area (TPSA) is 57.6 Å². The number of nitrogens with zero attached hydrogens (tertiary/aromatic N) is 1. The van der Waals surface area contributed by atoms with Gasteiger partial charge in [-0.2, -0.15) is 0 Å². The lowest BCUT2D eigenvalue weighted by Crippen LogP contribution is -2.36. The Hall–Kier alpha value is -0.770. The van der Waals surface area contributed by atoms with E-state index in [1.165, 1.54) is 4.90 Å². The number of carboxylic acid groups (broad SMARTS) is 1. The Kier molecular flexibility index (Phi) is 5.45. The molecule has 0 saturated carbocycles. The van der Waals surface area contributed by atoms with Crippen LogP contribution >= 0.6 is 11.6 Å². The van der Waals surface area contributed by atoms with Crippen LogP contribution in [0.2, 0.25) is 0 Å². The quantitative estimate of drug-likeness (QED) is 0.649. The van der Waals surface area contributed by atoms with Crippen LogP contribution in [0.3, 0.4) is 0 Å². The zero-order chi connectivity index (χ0) is 9.56. The van der Waals surface area contributed by atoms with Gasteiger partial charge in [-0.15, -0.1) is 11.6 Å². The highest BCUT2D eigenvalue weighted by atomic mass is 35.5. The standard InChI is InChI=1S/C7H12ClNO3/c1-2-3-9(5-7(11)12)6(10)4-8/h2-5H2,1H3,(H,11,12). The predicted molar refractivity (Wildman–Crippen MR) is 45.2 cm³/mol. The molecular formula is C7H12ClNO3. The Morgan fingerprint density at radius 3 is 2.42 bits per heavy atom. The number of hydrogen-bond acceptors (Lipinski definition) is 2. The molecule has 0 unspecified atom stereocenters. The summed E-state index contributed by atoms with van der Waals surface area (Å²) in [5.41, 5.74) is 0. The normalized spacial score (nSPS) is 9.50. The smallest absolute Gasteiger partial charge is 0.323 e. The second-order valence-electron chi connectivity index (χ2n) is 2.34. The SMILES string of the molecule is CCCN(CC(=O)O)C(=O)CCl. The van der Waals surface area contributed by atoms with Gasteiger partial charge in [-0.05, 0) is 6.42 Å². The van der Waals surface area contributed by atoms with Crippen molar-refractivity contribution in [3.63, 3.8) is 0 Å². The molecule has 12 heavy (non-hydrogen) atoms. The number of amides is 1. The summed E-state index contributed by atoms with van der Waals surface area (Å²) < 4.78 is 0. The summed E-state index contributed by atoms with van der Waals surface area (Å²) in [5.74, 6) is -1.50. The molecule has 1 N–H and O–H groups in total. The minimum absolute atomic E-state index is 0.159. The van der Waals surface area contributed by atoms with Crippen molar-refractivity contribution in [2.45, 2.75) is 13.3 Å². The molecular weight excluding hydrogens is 182 g/mol. The van der Waals surface area contributed by atoms with Crippen LogP contribution < -0.4 is 0 Å². The maximum Gasteiger partial charge on any atom is 0.323 e. The highest BCUT2D eigenvalue weighted by molar-refractivity contribution is 6.27. The lowest BCUT2D eigenvalue weighted by atomic mass is 10.4. The number of aliphatic carboxylic acids is 1. The van der Waals surface area contributed by atoms with E-state index in [1.54, 1.807) is 0 Å². The Balaban J connectivity index is 4.02. The molecule has 4 nitrogen and oxygen atoms in total. The maximum absolute atomic E-state index is 11.0. The Bertz CT molecular complexity index is 172. The minimum Gasteiger partial charge on any atom is -0.480 e. The van der Waals surface area contributed by atoms with Crippen molar-refractivity contribution < 1.29 is 14.7 Å². The number of hydrogen-bond donors (Lipinski definition) is 1. The molecule has 5 heteroatoms. The second kappa shape index (κ2) is 5.83. The van der Waals surface area contributed by atoms with Gasteiger partial charge >= 0.3 is 5.97 Å². The average Bonchev–Trinajstić information content (AvgIpc) is 2.01. The van der Waals surface area contributed by atoms with Crippen LogP contribution in [0.15, 0.2) is 0 Å². The van der Waals surface area contributed by atoms with Crippen LogP contribution in [-0.4, -0.2) is 40.9 Å². The zero-order valence-electron chi connectivity index (χ0n) is 6.92. The van der Waals surface area contributed by atoms with E-state index in [-0.39, 0.29) is 18.3 Å². The maximum atomic E-state index is 11.0. The van der Waals surface area contributed by atoms with Crippen LogP contribution in [0, 0.1) is 0 Å². The van der Waals surface area contributed by atoms with E-state index in [1.807, 2.05) is 6.92 Å². The van der Waals surface area contributed by atoms with E-state index >= 15 is 0 Å². The largest absolute Gasteiger partial charge is 0.480 e. The molecule has 70 valence electrons. The van der Waals surface area contributed by atoms with Gasteiger partial charge in [0.25, 0.3) is 0 Å². The number of alkyl halides is 1. The molecule has 0 aromatic carbocycles. The summed E-state index contributed by atoms with van der Waals surface area (Å²) in [5, 5.41) is 8.42. The van der Waals surface area contributed by atoms with Gasteiger partial charge in [0.2, 0.25) is 5.91 Å². The van der Waals surface area contributed by atoms with E-state index in [9.17, 15) is 9.59 Å². The summed E-state index contributed by atoms with van der Waals surface area (Å²) in [7, 11) is 0. The third kappa shape index (κ3) is 4.18. The number of carbonyl (C=O) groups excluding carboxylic acids is 1. The number of halogens is 1. The van der Waals surface area contributed by atoms with Crippen LogP contribution in [0.1, 0.15) is 13.3 Å². The molecule has 0 bridgehead atoms. The first kappa shape index (κ1) is 11.2. The molecule has 0 aliphatic carbocycles. The second-order valence-corrected chi connectivity index (χ2v) is 2.61. The first-order valence-corrected chi connectivity index (χ1v) is 4.20. The lowest BCUT2D eigenvalue weighted by Gasteiger charge is -2.18. The monoisotopic (exact) mass is 193 g/mol. The van der Waals surface area contributed by atoms with Crippen molar-refractivity contribution in [2.75, 3.05) is 19.0 Å². The fourth-order valence-electron chi connectivity index (χ4n) is 0.810. The first-order chi connectivity index (χ1) is 5.61. The van der Waals surface area contributed by atoms with Crippen LogP contribution in [-0.2, 0) is 9.59 Å². The van der Waals surface area contributed by atoms with Gasteiger partial charge in [0.1, 0.15) is 12.4 Å². The summed E-state index contributed by atoms with van der Waals surface area (Å²) in [6.07, 6.45) is 0.732. The third-order valence-electron chi connectivity index (χ3n) is 1.29. The molecule has 0 aliphatic rings. The minimum atomic E-state index is -1.01. The van der Waals surface area contributed by atoms with Crippen molar-refractivity contribution in [3.8, 4) is 0 Å². The van der Waals surface area contributed by atoms with Crippen molar-refractivity contribution >= 4 is 23.5 Å². The highest BCUT2D eigenvalue weighted by Crippen LogP contribution is 1.94.